The molecule has 3 unspecified atom stereocenters. The molecule has 24 heavy (non-hydrogen) atoms. The van der Waals surface area contributed by atoms with E-state index >= 15 is 0 Å². The van der Waals surface area contributed by atoms with Gasteiger partial charge in [-0.1, -0.05) is 32.4 Å². The molecule has 0 radical (unpaired) electrons. The van der Waals surface area contributed by atoms with Crippen molar-refractivity contribution in [2.75, 3.05) is 0 Å². The maximum Gasteiger partial charge on any atom is 0.268 e. The number of H-pyrrole nitrogens is 1. The minimum atomic E-state index is -0.0590. The highest BCUT2D eigenvalue weighted by Gasteiger charge is 2.61. The molecule has 2 aliphatic rings. The highest BCUT2D eigenvalue weighted by molar-refractivity contribution is 6.35. The van der Waals surface area contributed by atoms with E-state index in [9.17, 15) is 4.79 Å². The van der Waals surface area contributed by atoms with Gasteiger partial charge in [-0.15, -0.1) is 0 Å². The van der Waals surface area contributed by atoms with Crippen LogP contribution in [0.5, 0.6) is 0 Å². The fourth-order valence-corrected chi connectivity index (χ4v) is 5.27. The summed E-state index contributed by atoms with van der Waals surface area (Å²) in [6.45, 7) is 8.93. The molecule has 4 nitrogen and oxygen atoms in total. The average molecular weight is 346 g/mol. The molecule has 3 atom stereocenters. The summed E-state index contributed by atoms with van der Waals surface area (Å²) in [6, 6.07) is 3.86. The van der Waals surface area contributed by atoms with Gasteiger partial charge in [-0.2, -0.15) is 0 Å². The van der Waals surface area contributed by atoms with Crippen molar-refractivity contribution < 1.29 is 4.79 Å². The van der Waals surface area contributed by atoms with Crippen molar-refractivity contribution in [3.05, 3.63) is 28.5 Å². The molecule has 5 heteroatoms. The molecular weight excluding hydrogens is 322 g/mol. The van der Waals surface area contributed by atoms with E-state index in [4.69, 9.17) is 11.6 Å². The first-order valence-electron chi connectivity index (χ1n) is 8.69. The molecule has 2 aromatic rings. The van der Waals surface area contributed by atoms with Crippen LogP contribution in [-0.4, -0.2) is 21.9 Å². The van der Waals surface area contributed by atoms with Crippen molar-refractivity contribution in [2.45, 2.75) is 53.0 Å². The Hall–Kier alpha value is -1.55. The Labute approximate surface area is 147 Å². The van der Waals surface area contributed by atoms with E-state index in [1.165, 1.54) is 12.8 Å². The molecule has 1 amide bonds. The number of pyridine rings is 1. The van der Waals surface area contributed by atoms with E-state index in [-0.39, 0.29) is 22.8 Å². The van der Waals surface area contributed by atoms with Crippen LogP contribution < -0.4 is 5.32 Å². The molecular formula is C19H24ClN3O. The van der Waals surface area contributed by atoms with Gasteiger partial charge in [0.2, 0.25) is 0 Å². The largest absolute Gasteiger partial charge is 0.347 e. The van der Waals surface area contributed by atoms with Crippen molar-refractivity contribution in [3.8, 4) is 0 Å². The first-order chi connectivity index (χ1) is 11.2. The molecule has 2 aliphatic carbocycles. The molecule has 4 rings (SSSR count). The maximum atomic E-state index is 12.8. The molecule has 128 valence electrons. The lowest BCUT2D eigenvalue weighted by molar-refractivity contribution is 0.0822. The van der Waals surface area contributed by atoms with Crippen LogP contribution in [0.3, 0.4) is 0 Å². The zero-order chi connectivity index (χ0) is 17.3. The summed E-state index contributed by atoms with van der Waals surface area (Å²) in [5.74, 6) is 0.644. The minimum absolute atomic E-state index is 0.0590. The van der Waals surface area contributed by atoms with Gasteiger partial charge in [0, 0.05) is 17.1 Å². The van der Waals surface area contributed by atoms with Crippen molar-refractivity contribution in [3.63, 3.8) is 0 Å². The van der Waals surface area contributed by atoms with E-state index in [0.29, 0.717) is 22.3 Å². The van der Waals surface area contributed by atoms with Gasteiger partial charge in [-0.25, -0.2) is 4.98 Å². The standard InChI is InChI=1S/C19H24ClN3O/c1-10-7-13(20)12-9-14(22-16(12)21-10)17(24)23-15-8-11-5-6-19(15,4)18(11,2)3/h7,9,11,15H,5-6,8H2,1-4H3,(H,21,22)(H,23,24). The van der Waals surface area contributed by atoms with Gasteiger partial charge in [0.1, 0.15) is 11.3 Å². The number of aryl methyl sites for hydroxylation is 1. The second kappa shape index (κ2) is 4.98. The third-order valence-corrected chi connectivity index (χ3v) is 7.33. The summed E-state index contributed by atoms with van der Waals surface area (Å²) in [4.78, 5) is 20.3. The molecule has 2 aromatic heterocycles. The van der Waals surface area contributed by atoms with Crippen LogP contribution in [0.4, 0.5) is 0 Å². The second-order valence-corrected chi connectivity index (χ2v) is 8.73. The highest BCUT2D eigenvalue weighted by Crippen LogP contribution is 2.65. The fourth-order valence-electron chi connectivity index (χ4n) is 4.96. The zero-order valence-electron chi connectivity index (χ0n) is 14.7. The number of nitrogens with zero attached hydrogens (tertiary/aromatic N) is 1. The minimum Gasteiger partial charge on any atom is -0.347 e. The van der Waals surface area contributed by atoms with Gasteiger partial charge < -0.3 is 10.3 Å². The molecule has 0 saturated heterocycles. The Morgan fingerprint density at radius 3 is 2.75 bits per heavy atom. The number of nitrogens with one attached hydrogen (secondary N) is 2. The van der Waals surface area contributed by atoms with Crippen LogP contribution in [0.2, 0.25) is 5.02 Å². The maximum absolute atomic E-state index is 12.8. The zero-order valence-corrected chi connectivity index (χ0v) is 15.4. The smallest absolute Gasteiger partial charge is 0.268 e. The highest BCUT2D eigenvalue weighted by atomic mass is 35.5. The molecule has 0 spiro atoms. The summed E-state index contributed by atoms with van der Waals surface area (Å²) in [5, 5.41) is 4.70. The number of carbonyl (C=O) groups is 1. The summed E-state index contributed by atoms with van der Waals surface area (Å²) in [5.41, 5.74) is 2.50. The summed E-state index contributed by atoms with van der Waals surface area (Å²) in [6.07, 6.45) is 3.55. The number of aromatic amines is 1. The number of rotatable bonds is 2. The number of hydrogen-bond acceptors (Lipinski definition) is 2. The third kappa shape index (κ3) is 2.05. The van der Waals surface area contributed by atoms with Gasteiger partial charge >= 0.3 is 0 Å². The Kier molecular flexibility index (Phi) is 3.31. The topological polar surface area (TPSA) is 57.8 Å². The van der Waals surface area contributed by atoms with Crippen molar-refractivity contribution in [1.29, 1.82) is 0 Å². The van der Waals surface area contributed by atoms with Crippen LogP contribution >= 0.6 is 11.6 Å². The van der Waals surface area contributed by atoms with Crippen LogP contribution in [-0.2, 0) is 0 Å². The molecule has 2 saturated carbocycles. The summed E-state index contributed by atoms with van der Waals surface area (Å²) in [7, 11) is 0. The Morgan fingerprint density at radius 1 is 1.38 bits per heavy atom. The number of hydrogen-bond donors (Lipinski definition) is 2. The second-order valence-electron chi connectivity index (χ2n) is 8.33. The predicted molar refractivity (Wildman–Crippen MR) is 96.3 cm³/mol. The van der Waals surface area contributed by atoms with Crippen molar-refractivity contribution >= 4 is 28.5 Å². The number of halogens is 1. The lowest BCUT2D eigenvalue weighted by Gasteiger charge is -2.39. The predicted octanol–water partition coefficient (Wildman–Crippen LogP) is 4.47. The monoisotopic (exact) mass is 345 g/mol. The lowest BCUT2D eigenvalue weighted by atomic mass is 9.69. The Morgan fingerprint density at radius 2 is 2.12 bits per heavy atom. The van der Waals surface area contributed by atoms with Gasteiger partial charge in [0.15, 0.2) is 0 Å². The first kappa shape index (κ1) is 15.9. The Bertz CT molecular complexity index is 840. The van der Waals surface area contributed by atoms with Gasteiger partial charge in [-0.3, -0.25) is 4.79 Å². The Balaban J connectivity index is 1.61. The number of aromatic nitrogens is 2. The van der Waals surface area contributed by atoms with Gasteiger partial charge in [0.25, 0.3) is 5.91 Å². The van der Waals surface area contributed by atoms with Gasteiger partial charge in [-0.05, 0) is 55.1 Å². The first-order valence-corrected chi connectivity index (χ1v) is 9.07. The van der Waals surface area contributed by atoms with Crippen molar-refractivity contribution in [2.24, 2.45) is 16.7 Å². The van der Waals surface area contributed by atoms with Gasteiger partial charge in [0.05, 0.1) is 5.02 Å². The van der Waals surface area contributed by atoms with E-state index in [0.717, 1.165) is 17.5 Å². The van der Waals surface area contributed by atoms with E-state index in [1.807, 2.05) is 13.0 Å². The van der Waals surface area contributed by atoms with Crippen LogP contribution in [0.1, 0.15) is 56.2 Å². The lowest BCUT2D eigenvalue weighted by Crippen LogP contribution is -2.46. The molecule has 0 aromatic carbocycles. The number of fused-ring (bicyclic) bond motifs is 3. The van der Waals surface area contributed by atoms with Crippen molar-refractivity contribution in [1.82, 2.24) is 15.3 Å². The summed E-state index contributed by atoms with van der Waals surface area (Å²) < 4.78 is 0. The quantitative estimate of drug-likeness (QED) is 0.843. The molecule has 0 aliphatic heterocycles. The number of amides is 1. The van der Waals surface area contributed by atoms with E-state index in [2.05, 4.69) is 36.1 Å². The number of carbonyl (C=O) groups excluding carboxylic acids is 1. The third-order valence-electron chi connectivity index (χ3n) is 7.02. The fraction of sp³-hybridized carbons (Fsp3) is 0.579. The molecule has 2 bridgehead atoms. The van der Waals surface area contributed by atoms with E-state index in [1.54, 1.807) is 6.07 Å². The average Bonchev–Trinajstić information content (AvgIpc) is 3.07. The normalized spacial score (nSPS) is 30.9. The van der Waals surface area contributed by atoms with E-state index < -0.39 is 0 Å². The summed E-state index contributed by atoms with van der Waals surface area (Å²) >= 11 is 6.27. The van der Waals surface area contributed by atoms with Crippen LogP contribution in [0, 0.1) is 23.7 Å². The molecule has 2 heterocycles. The van der Waals surface area contributed by atoms with Crippen LogP contribution in [0.25, 0.3) is 11.0 Å². The molecule has 2 fully saturated rings. The van der Waals surface area contributed by atoms with Crippen LogP contribution in [0.15, 0.2) is 12.1 Å². The SMILES string of the molecule is Cc1cc(Cl)c2cc(C(=O)NC3CC4CCC3(C)C4(C)C)[nH]c2n1. The molecule has 2 N–H and O–H groups in total.